The van der Waals surface area contributed by atoms with Crippen molar-refractivity contribution in [2.45, 2.75) is 51.3 Å². The van der Waals surface area contributed by atoms with E-state index in [0.717, 1.165) is 52.6 Å². The van der Waals surface area contributed by atoms with Gasteiger partial charge in [-0.25, -0.2) is 17.9 Å². The Labute approximate surface area is 250 Å². The number of rotatable bonds is 9. The van der Waals surface area contributed by atoms with Gasteiger partial charge in [0, 0.05) is 23.1 Å². The molecule has 1 fully saturated rings. The number of nitrogens with one attached hydrogen (secondary N) is 1. The molecule has 0 spiro atoms. The van der Waals surface area contributed by atoms with Crippen LogP contribution in [-0.2, 0) is 22.9 Å². The molecule has 3 aromatic rings. The first-order valence-electron chi connectivity index (χ1n) is 13.6. The Bertz CT molecular complexity index is 1560. The van der Waals surface area contributed by atoms with Gasteiger partial charge in [-0.05, 0) is 98.4 Å². The van der Waals surface area contributed by atoms with E-state index in [1.807, 2.05) is 36.4 Å². The number of allylic oxidation sites excluding steroid dienone is 1. The van der Waals surface area contributed by atoms with Crippen LogP contribution < -0.4 is 9.46 Å². The third kappa shape index (κ3) is 6.74. The number of urea groups is 1. The number of amides is 2. The minimum atomic E-state index is -4.06. The molecule has 0 unspecified atom stereocenters. The van der Waals surface area contributed by atoms with Crippen LogP contribution in [0.2, 0.25) is 5.02 Å². The van der Waals surface area contributed by atoms with E-state index in [4.69, 9.17) is 32.5 Å². The van der Waals surface area contributed by atoms with Gasteiger partial charge in [-0.15, -0.1) is 0 Å². The lowest BCUT2D eigenvalue weighted by molar-refractivity contribution is 0.124. The first-order valence-corrected chi connectivity index (χ1v) is 15.9. The number of aryl methyl sites for hydroxylation is 3. The number of sulfonamides is 1. The lowest BCUT2D eigenvalue weighted by atomic mass is 9.84. The van der Waals surface area contributed by atoms with Crippen LogP contribution in [0.4, 0.5) is 4.79 Å². The Morgan fingerprint density at radius 2 is 1.88 bits per heavy atom. The molecule has 218 valence electrons. The van der Waals surface area contributed by atoms with E-state index in [2.05, 4.69) is 22.9 Å². The Kier molecular flexibility index (Phi) is 8.68. The fourth-order valence-corrected chi connectivity index (χ4v) is 7.27. The van der Waals surface area contributed by atoms with Gasteiger partial charge >= 0.3 is 6.03 Å². The van der Waals surface area contributed by atoms with E-state index < -0.39 is 16.1 Å². The highest BCUT2D eigenvalue weighted by Crippen LogP contribution is 2.39. The minimum absolute atomic E-state index is 0.0956. The Morgan fingerprint density at radius 1 is 1.15 bits per heavy atom. The van der Waals surface area contributed by atoms with Crippen molar-refractivity contribution in [1.29, 1.82) is 0 Å². The molecule has 41 heavy (non-hydrogen) atoms. The van der Waals surface area contributed by atoms with Gasteiger partial charge in [-0.2, -0.15) is 0 Å². The molecule has 11 heteroatoms. The van der Waals surface area contributed by atoms with Crippen molar-refractivity contribution >= 4 is 44.3 Å². The summed E-state index contributed by atoms with van der Waals surface area (Å²) in [6, 6.07) is 13.3. The van der Waals surface area contributed by atoms with Crippen molar-refractivity contribution in [3.8, 4) is 5.75 Å². The molecule has 1 saturated heterocycles. The summed E-state index contributed by atoms with van der Waals surface area (Å²) < 4.78 is 38.4. The van der Waals surface area contributed by atoms with Gasteiger partial charge in [0.2, 0.25) is 0 Å². The molecule has 2 aromatic carbocycles. The highest BCUT2D eigenvalue weighted by atomic mass is 35.5. The predicted octanol–water partition coefficient (Wildman–Crippen LogP) is 6.52. The number of carbonyl (C=O) groups is 1. The van der Waals surface area contributed by atoms with Crippen LogP contribution in [0.15, 0.2) is 57.5 Å². The summed E-state index contributed by atoms with van der Waals surface area (Å²) >= 11 is 12.8. The van der Waals surface area contributed by atoms with Gasteiger partial charge in [-0.1, -0.05) is 53.0 Å². The zero-order valence-electron chi connectivity index (χ0n) is 23.2. The molecule has 1 N–H and O–H groups in total. The maximum Gasteiger partial charge on any atom is 0.331 e. The van der Waals surface area contributed by atoms with E-state index in [-0.39, 0.29) is 22.3 Å². The number of benzene rings is 2. The largest absolute Gasteiger partial charge is 0.493 e. The summed E-state index contributed by atoms with van der Waals surface area (Å²) in [7, 11) is -4.06. The molecule has 1 aliphatic carbocycles. The van der Waals surface area contributed by atoms with Crippen molar-refractivity contribution in [1.82, 2.24) is 14.8 Å². The summed E-state index contributed by atoms with van der Waals surface area (Å²) in [5, 5.41) is 5.16. The molecule has 2 amide bonds. The standard InChI is InChI=1S/C30H33Cl2N3O5S/c1-18(12-21-4-8-25(31)9-5-21)17-39-26-10-11-27-23(14-26)6-7-24(28(27)32)13-22-15-35(16-22)30(36)34-41(37,38)29-19(2)33-40-20(29)3/h4-5,8-11,14,18,22H,6-7,12-13,15-17H2,1-3H3,(H,34,36)/t18-/m0/s1. The monoisotopic (exact) mass is 617 g/mol. The number of hydrogen-bond acceptors (Lipinski definition) is 6. The van der Waals surface area contributed by atoms with Crippen molar-refractivity contribution in [3.63, 3.8) is 0 Å². The second kappa shape index (κ2) is 12.1. The number of carbonyl (C=O) groups excluding carboxylic acids is 1. The van der Waals surface area contributed by atoms with Gasteiger partial charge in [0.05, 0.1) is 6.61 Å². The summed E-state index contributed by atoms with van der Waals surface area (Å²) in [5.41, 5.74) is 4.80. The van der Waals surface area contributed by atoms with Crippen LogP contribution in [0.25, 0.3) is 5.03 Å². The van der Waals surface area contributed by atoms with Gasteiger partial charge < -0.3 is 14.2 Å². The van der Waals surface area contributed by atoms with Crippen LogP contribution in [0.3, 0.4) is 0 Å². The van der Waals surface area contributed by atoms with Crippen LogP contribution in [0.1, 0.15) is 47.9 Å². The molecule has 0 bridgehead atoms. The van der Waals surface area contributed by atoms with Crippen LogP contribution >= 0.6 is 23.2 Å². The number of likely N-dealkylation sites (tertiary alicyclic amines) is 1. The Balaban J connectivity index is 1.13. The molecule has 2 aliphatic rings. The van der Waals surface area contributed by atoms with Gasteiger partial charge in [0.1, 0.15) is 11.4 Å². The Morgan fingerprint density at radius 3 is 2.56 bits per heavy atom. The third-order valence-corrected chi connectivity index (χ3v) is 9.88. The van der Waals surface area contributed by atoms with Crippen LogP contribution in [0, 0.1) is 25.7 Å². The molecular formula is C30H33Cl2N3O5S. The number of aromatic nitrogens is 1. The molecule has 1 atom stereocenters. The number of halogens is 2. The highest BCUT2D eigenvalue weighted by Gasteiger charge is 2.35. The quantitative estimate of drug-likeness (QED) is 0.293. The van der Waals surface area contributed by atoms with E-state index in [1.165, 1.54) is 29.9 Å². The first kappa shape index (κ1) is 29.5. The second-order valence-electron chi connectivity index (χ2n) is 11.0. The maximum atomic E-state index is 12.6. The summed E-state index contributed by atoms with van der Waals surface area (Å²) in [4.78, 5) is 14.0. The summed E-state index contributed by atoms with van der Waals surface area (Å²) in [5.74, 6) is 1.55. The summed E-state index contributed by atoms with van der Waals surface area (Å²) in [6.07, 6.45) is 3.38. The topological polar surface area (TPSA) is 102 Å². The van der Waals surface area contributed by atoms with E-state index >= 15 is 0 Å². The van der Waals surface area contributed by atoms with Gasteiger partial charge in [-0.3, -0.25) is 0 Å². The lowest BCUT2D eigenvalue weighted by Crippen LogP contribution is -2.54. The fraction of sp³-hybridized carbons (Fsp3) is 0.400. The van der Waals surface area contributed by atoms with Crippen molar-refractivity contribution in [3.05, 3.63) is 81.2 Å². The maximum absolute atomic E-state index is 12.6. The highest BCUT2D eigenvalue weighted by molar-refractivity contribution is 7.90. The number of ether oxygens (including phenoxy) is 1. The fourth-order valence-electron chi connectivity index (χ4n) is 5.48. The van der Waals surface area contributed by atoms with Gasteiger partial charge in [0.15, 0.2) is 10.7 Å². The SMILES string of the molecule is Cc1noc(C)c1S(=O)(=O)NC(=O)N1CC(CC2=C(Cl)c3ccc(OC[C@@H](C)Cc4ccc(Cl)cc4)cc3CC2)C1. The van der Waals surface area contributed by atoms with E-state index in [1.54, 1.807) is 0 Å². The van der Waals surface area contributed by atoms with Crippen molar-refractivity contribution in [2.75, 3.05) is 19.7 Å². The smallest absolute Gasteiger partial charge is 0.331 e. The molecular weight excluding hydrogens is 585 g/mol. The number of nitrogens with zero attached hydrogens (tertiary/aromatic N) is 2. The first-order chi connectivity index (χ1) is 19.5. The molecule has 1 aromatic heterocycles. The van der Waals surface area contributed by atoms with Crippen molar-refractivity contribution < 1.29 is 22.5 Å². The van der Waals surface area contributed by atoms with Gasteiger partial charge in [0.25, 0.3) is 10.0 Å². The zero-order valence-corrected chi connectivity index (χ0v) is 25.6. The minimum Gasteiger partial charge on any atom is -0.493 e. The zero-order chi connectivity index (χ0) is 29.3. The second-order valence-corrected chi connectivity index (χ2v) is 13.5. The average molecular weight is 619 g/mol. The molecule has 8 nitrogen and oxygen atoms in total. The van der Waals surface area contributed by atoms with Crippen molar-refractivity contribution in [2.24, 2.45) is 11.8 Å². The Hall–Kier alpha value is -3.01. The third-order valence-electron chi connectivity index (χ3n) is 7.59. The summed E-state index contributed by atoms with van der Waals surface area (Å²) in [6.45, 7) is 6.73. The molecule has 2 heterocycles. The average Bonchev–Trinajstić information content (AvgIpc) is 3.25. The van der Waals surface area contributed by atoms with E-state index in [0.29, 0.717) is 25.6 Å². The van der Waals surface area contributed by atoms with Crippen LogP contribution in [0.5, 0.6) is 5.75 Å². The number of hydrogen-bond donors (Lipinski definition) is 1. The molecule has 0 radical (unpaired) electrons. The van der Waals surface area contributed by atoms with Crippen LogP contribution in [-0.4, -0.2) is 44.2 Å². The predicted molar refractivity (Wildman–Crippen MR) is 159 cm³/mol. The number of fused-ring (bicyclic) bond motifs is 1. The normalized spacial score (nSPS) is 16.3. The lowest BCUT2D eigenvalue weighted by Gasteiger charge is -2.40. The molecule has 1 aliphatic heterocycles. The molecule has 0 saturated carbocycles. The van der Waals surface area contributed by atoms with E-state index in [9.17, 15) is 13.2 Å². The molecule has 5 rings (SSSR count).